The van der Waals surface area contributed by atoms with E-state index in [0.717, 1.165) is 135 Å². The minimum absolute atomic E-state index is 0.0898. The standard InChI is InChI=1S/C79H144O17P2/c1-5-9-13-17-21-25-29-32-35-36-39-41-45-48-52-56-60-64-77(82)90-70-75(96-79(84)66-62-58-54-50-46-42-38-34-31-27-23-19-15-11-7-3)72-94-98(87,88)92-68-73(80)67-91-97(85,86)93-71-74(95-78(83)65-61-57-53-49-43-28-24-20-16-12-8-4)69-89-76(81)63-59-55-51-47-44-40-37-33-30-26-22-18-14-10-6-2/h9,13,20-21,24-25,32,35,39,41,73-75,80H,5-8,10-12,14-19,22-23,26-31,33-34,36-38,40,42-72H2,1-4H3,(H,85,86)(H,87,88)/b13-9-,24-20-,25-21-,35-32-,41-39-. The van der Waals surface area contributed by atoms with Gasteiger partial charge in [-0.2, -0.15) is 0 Å². The van der Waals surface area contributed by atoms with E-state index in [9.17, 15) is 43.2 Å². The molecule has 0 fully saturated rings. The Morgan fingerprint density at radius 1 is 0.296 bits per heavy atom. The smallest absolute Gasteiger partial charge is 0.462 e. The maximum absolute atomic E-state index is 13.1. The molecule has 0 saturated heterocycles. The van der Waals surface area contributed by atoms with E-state index < -0.39 is 97.5 Å². The third-order valence-corrected chi connectivity index (χ3v) is 18.9. The van der Waals surface area contributed by atoms with Gasteiger partial charge in [0.2, 0.25) is 0 Å². The number of phosphoric ester groups is 2. The molecular formula is C79H144O17P2. The van der Waals surface area contributed by atoms with Crippen LogP contribution in [0.2, 0.25) is 0 Å². The summed E-state index contributed by atoms with van der Waals surface area (Å²) in [7, 11) is -9.94. The van der Waals surface area contributed by atoms with Crippen LogP contribution in [0.15, 0.2) is 60.8 Å². The van der Waals surface area contributed by atoms with Crippen molar-refractivity contribution in [2.45, 2.75) is 380 Å². The molecule has 3 N–H and O–H groups in total. The van der Waals surface area contributed by atoms with Crippen molar-refractivity contribution in [1.82, 2.24) is 0 Å². The van der Waals surface area contributed by atoms with Crippen LogP contribution in [0.1, 0.15) is 362 Å². The summed E-state index contributed by atoms with van der Waals surface area (Å²) in [6, 6.07) is 0. The minimum Gasteiger partial charge on any atom is -0.462 e. The quantitative estimate of drug-likeness (QED) is 0.0169. The Hall–Kier alpha value is -3.24. The maximum Gasteiger partial charge on any atom is 0.472 e. The van der Waals surface area contributed by atoms with Gasteiger partial charge in [-0.3, -0.25) is 37.3 Å². The van der Waals surface area contributed by atoms with Gasteiger partial charge in [0.05, 0.1) is 26.4 Å². The zero-order valence-electron chi connectivity index (χ0n) is 62.5. The van der Waals surface area contributed by atoms with Crippen LogP contribution in [-0.4, -0.2) is 96.7 Å². The molecule has 5 atom stereocenters. The van der Waals surface area contributed by atoms with Crippen molar-refractivity contribution < 1.29 is 80.2 Å². The molecule has 0 aromatic heterocycles. The Balaban J connectivity index is 5.31. The number of phosphoric acid groups is 2. The van der Waals surface area contributed by atoms with E-state index in [1.807, 2.05) is 0 Å². The van der Waals surface area contributed by atoms with E-state index in [4.69, 9.17) is 37.0 Å². The molecule has 98 heavy (non-hydrogen) atoms. The van der Waals surface area contributed by atoms with Crippen LogP contribution >= 0.6 is 15.6 Å². The summed E-state index contributed by atoms with van der Waals surface area (Å²) in [6.45, 7) is 4.76. The largest absolute Gasteiger partial charge is 0.472 e. The van der Waals surface area contributed by atoms with E-state index in [1.54, 1.807) is 0 Å². The Kier molecular flexibility index (Phi) is 69.7. The first kappa shape index (κ1) is 94.8. The maximum atomic E-state index is 13.1. The van der Waals surface area contributed by atoms with Crippen molar-refractivity contribution in [3.05, 3.63) is 60.8 Å². The number of hydrogen-bond acceptors (Lipinski definition) is 15. The van der Waals surface area contributed by atoms with Crippen LogP contribution in [-0.2, 0) is 65.4 Å². The van der Waals surface area contributed by atoms with Gasteiger partial charge in [0, 0.05) is 25.7 Å². The number of carbonyl (C=O) groups excluding carboxylic acids is 4. The van der Waals surface area contributed by atoms with Gasteiger partial charge in [-0.1, -0.05) is 313 Å². The molecule has 0 aliphatic heterocycles. The third-order valence-electron chi connectivity index (χ3n) is 17.0. The average molecular weight is 1430 g/mol. The van der Waals surface area contributed by atoms with Gasteiger partial charge in [0.25, 0.3) is 0 Å². The van der Waals surface area contributed by atoms with Crippen LogP contribution in [0.5, 0.6) is 0 Å². The molecule has 5 unspecified atom stereocenters. The number of esters is 4. The lowest BCUT2D eigenvalue weighted by Crippen LogP contribution is -2.30. The molecule has 0 aliphatic rings. The van der Waals surface area contributed by atoms with Crippen LogP contribution in [0.25, 0.3) is 0 Å². The molecule has 572 valence electrons. The Bertz CT molecular complexity index is 2100. The predicted molar refractivity (Wildman–Crippen MR) is 400 cm³/mol. The van der Waals surface area contributed by atoms with Gasteiger partial charge < -0.3 is 33.8 Å². The van der Waals surface area contributed by atoms with E-state index >= 15 is 0 Å². The normalized spacial score (nSPS) is 14.2. The zero-order chi connectivity index (χ0) is 71.8. The summed E-state index contributed by atoms with van der Waals surface area (Å²) in [5.74, 6) is -2.18. The molecule has 0 rings (SSSR count). The average Bonchev–Trinajstić information content (AvgIpc) is 0.986. The Morgan fingerprint density at radius 3 is 0.857 bits per heavy atom. The summed E-state index contributed by atoms with van der Waals surface area (Å²) in [5.41, 5.74) is 0. The van der Waals surface area contributed by atoms with Crippen molar-refractivity contribution in [2.24, 2.45) is 0 Å². The van der Waals surface area contributed by atoms with E-state index in [1.165, 1.54) is 148 Å². The van der Waals surface area contributed by atoms with E-state index in [2.05, 4.69) is 88.5 Å². The van der Waals surface area contributed by atoms with Crippen molar-refractivity contribution >= 4 is 39.5 Å². The number of ether oxygens (including phenoxy) is 4. The first-order chi connectivity index (χ1) is 47.7. The number of aliphatic hydroxyl groups excluding tert-OH is 1. The molecule has 0 radical (unpaired) electrons. The van der Waals surface area contributed by atoms with E-state index in [-0.39, 0.29) is 25.7 Å². The second-order valence-corrected chi connectivity index (χ2v) is 29.5. The van der Waals surface area contributed by atoms with Gasteiger partial charge in [-0.25, -0.2) is 9.13 Å². The van der Waals surface area contributed by atoms with Gasteiger partial charge in [0.15, 0.2) is 12.2 Å². The molecule has 0 aliphatic carbocycles. The number of carbonyl (C=O) groups is 4. The van der Waals surface area contributed by atoms with Crippen molar-refractivity contribution in [3.8, 4) is 0 Å². The van der Waals surface area contributed by atoms with Crippen LogP contribution in [0.4, 0.5) is 0 Å². The summed E-state index contributed by atoms with van der Waals surface area (Å²) in [5, 5.41) is 10.6. The molecule has 19 heteroatoms. The van der Waals surface area contributed by atoms with Crippen LogP contribution < -0.4 is 0 Å². The molecule has 0 heterocycles. The number of rotatable bonds is 75. The molecule has 0 spiro atoms. The monoisotopic (exact) mass is 1430 g/mol. The highest BCUT2D eigenvalue weighted by molar-refractivity contribution is 7.47. The fourth-order valence-corrected chi connectivity index (χ4v) is 12.5. The Labute approximate surface area is 597 Å². The zero-order valence-corrected chi connectivity index (χ0v) is 64.3. The lowest BCUT2D eigenvalue weighted by molar-refractivity contribution is -0.161. The fourth-order valence-electron chi connectivity index (χ4n) is 11.0. The number of aliphatic hydroxyl groups is 1. The van der Waals surface area contributed by atoms with E-state index in [0.29, 0.717) is 25.7 Å². The first-order valence-electron chi connectivity index (χ1n) is 39.5. The highest BCUT2D eigenvalue weighted by Gasteiger charge is 2.30. The molecule has 0 aromatic rings. The van der Waals surface area contributed by atoms with Crippen molar-refractivity contribution in [3.63, 3.8) is 0 Å². The lowest BCUT2D eigenvalue weighted by atomic mass is 10.0. The fraction of sp³-hybridized carbons (Fsp3) is 0.823. The second kappa shape index (κ2) is 72.1. The van der Waals surface area contributed by atoms with Crippen molar-refractivity contribution in [2.75, 3.05) is 39.6 Å². The first-order valence-corrected chi connectivity index (χ1v) is 42.5. The lowest BCUT2D eigenvalue weighted by Gasteiger charge is -2.21. The highest BCUT2D eigenvalue weighted by atomic mass is 31.2. The van der Waals surface area contributed by atoms with Crippen LogP contribution in [0.3, 0.4) is 0 Å². The molecule has 17 nitrogen and oxygen atoms in total. The summed E-state index contributed by atoms with van der Waals surface area (Å²) in [6.07, 6.45) is 70.6. The number of hydrogen-bond donors (Lipinski definition) is 3. The minimum atomic E-state index is -4.97. The summed E-state index contributed by atoms with van der Waals surface area (Å²) in [4.78, 5) is 72.9. The SMILES string of the molecule is CC/C=C\C/C=C\C/C=C\C/C=C\CCCCCCC(=O)OCC(COP(=O)(O)OCC(O)COP(=O)(O)OCC(COC(=O)CCCCCCCCCCCCCCCCC)OC(=O)CCCCCCC/C=C\CCCC)OC(=O)CCCCCCCCCCCCCCCCC. The topological polar surface area (TPSA) is 237 Å². The Morgan fingerprint density at radius 2 is 0.541 bits per heavy atom. The molecule has 0 bridgehead atoms. The summed E-state index contributed by atoms with van der Waals surface area (Å²) >= 11 is 0. The van der Waals surface area contributed by atoms with Gasteiger partial charge in [-0.05, 0) is 83.5 Å². The number of allylic oxidation sites excluding steroid dienone is 10. The molecule has 0 amide bonds. The van der Waals surface area contributed by atoms with Gasteiger partial charge in [-0.15, -0.1) is 0 Å². The molecule has 0 aromatic carbocycles. The van der Waals surface area contributed by atoms with Gasteiger partial charge >= 0.3 is 39.5 Å². The molecular weight excluding hydrogens is 1280 g/mol. The van der Waals surface area contributed by atoms with Crippen molar-refractivity contribution in [1.29, 1.82) is 0 Å². The number of unbranched alkanes of at least 4 members (excludes halogenated alkanes) is 39. The summed E-state index contributed by atoms with van der Waals surface area (Å²) < 4.78 is 68.5. The van der Waals surface area contributed by atoms with Crippen LogP contribution in [0, 0.1) is 0 Å². The predicted octanol–water partition coefficient (Wildman–Crippen LogP) is 22.7. The molecule has 0 saturated carbocycles. The second-order valence-electron chi connectivity index (χ2n) is 26.6. The van der Waals surface area contributed by atoms with Gasteiger partial charge in [0.1, 0.15) is 19.3 Å². The highest BCUT2D eigenvalue weighted by Crippen LogP contribution is 2.45. The third kappa shape index (κ3) is 71.2.